The van der Waals surface area contributed by atoms with Crippen molar-refractivity contribution >= 4 is 0 Å². The van der Waals surface area contributed by atoms with Gasteiger partial charge in [0.15, 0.2) is 11.6 Å². The van der Waals surface area contributed by atoms with E-state index in [1.165, 1.54) is 25.1 Å². The maximum Gasteiger partial charge on any atom is 0.261 e. The van der Waals surface area contributed by atoms with Crippen LogP contribution in [0.3, 0.4) is 0 Å². The van der Waals surface area contributed by atoms with E-state index in [1.54, 1.807) is 0 Å². The van der Waals surface area contributed by atoms with Crippen LogP contribution >= 0.6 is 0 Å². The quantitative estimate of drug-likeness (QED) is 0.853. The molecule has 2 heterocycles. The monoisotopic (exact) mass is 276 g/mol. The van der Waals surface area contributed by atoms with Crippen molar-refractivity contribution in [2.75, 3.05) is 0 Å². The van der Waals surface area contributed by atoms with Crippen LogP contribution in [0.1, 0.15) is 44.3 Å². The van der Waals surface area contributed by atoms with E-state index in [2.05, 4.69) is 15.1 Å². The fraction of sp³-hybridized carbons (Fsp3) is 0.500. The molecule has 1 aliphatic carbocycles. The van der Waals surface area contributed by atoms with Crippen LogP contribution in [-0.2, 0) is 5.54 Å². The van der Waals surface area contributed by atoms with Crippen molar-refractivity contribution < 1.29 is 8.91 Å². The molecule has 6 heteroatoms. The molecule has 2 aromatic rings. The predicted molar refractivity (Wildman–Crippen MR) is 71.1 cm³/mol. The molecule has 20 heavy (non-hydrogen) atoms. The molecule has 0 spiro atoms. The van der Waals surface area contributed by atoms with Crippen molar-refractivity contribution in [1.82, 2.24) is 15.1 Å². The van der Waals surface area contributed by atoms with Crippen LogP contribution in [0.15, 0.2) is 23.0 Å². The molecule has 0 amide bonds. The third kappa shape index (κ3) is 2.43. The number of nitrogens with zero attached hydrogens (tertiary/aromatic N) is 3. The van der Waals surface area contributed by atoms with Crippen LogP contribution in [-0.4, -0.2) is 15.1 Å². The third-order valence-electron chi connectivity index (χ3n) is 3.87. The van der Waals surface area contributed by atoms with E-state index in [-0.39, 0.29) is 11.5 Å². The number of pyridine rings is 1. The molecule has 0 aromatic carbocycles. The lowest BCUT2D eigenvalue weighted by molar-refractivity contribution is 0.334. The Kier molecular flexibility index (Phi) is 3.48. The molecule has 1 aliphatic rings. The fourth-order valence-electron chi connectivity index (χ4n) is 2.67. The van der Waals surface area contributed by atoms with Crippen molar-refractivity contribution in [1.29, 1.82) is 0 Å². The summed E-state index contributed by atoms with van der Waals surface area (Å²) in [5, 5.41) is 3.97. The molecule has 0 bridgehead atoms. The summed E-state index contributed by atoms with van der Waals surface area (Å²) >= 11 is 0. The van der Waals surface area contributed by atoms with Gasteiger partial charge in [0.25, 0.3) is 5.89 Å². The van der Waals surface area contributed by atoms with Crippen molar-refractivity contribution in [2.24, 2.45) is 5.73 Å². The van der Waals surface area contributed by atoms with Crippen molar-refractivity contribution in [2.45, 2.75) is 44.1 Å². The van der Waals surface area contributed by atoms with Gasteiger partial charge in [0, 0.05) is 6.20 Å². The Balaban J connectivity index is 1.92. The first kappa shape index (κ1) is 13.2. The minimum Gasteiger partial charge on any atom is -0.334 e. The number of hydrogen-bond donors (Lipinski definition) is 1. The molecule has 1 fully saturated rings. The van der Waals surface area contributed by atoms with Crippen LogP contribution in [0.5, 0.6) is 0 Å². The molecule has 0 atom stereocenters. The van der Waals surface area contributed by atoms with Gasteiger partial charge in [-0.15, -0.1) is 0 Å². The summed E-state index contributed by atoms with van der Waals surface area (Å²) in [6.07, 6.45) is 8.78. The summed E-state index contributed by atoms with van der Waals surface area (Å²) in [6.45, 7) is 0. The second-order valence-electron chi connectivity index (χ2n) is 5.35. The molecule has 0 radical (unpaired) electrons. The van der Waals surface area contributed by atoms with E-state index < -0.39 is 11.4 Å². The minimum atomic E-state index is -0.554. The van der Waals surface area contributed by atoms with E-state index in [0.29, 0.717) is 5.82 Å². The van der Waals surface area contributed by atoms with Crippen LogP contribution < -0.4 is 5.73 Å². The topological polar surface area (TPSA) is 77.8 Å². The molecule has 0 unspecified atom stereocenters. The zero-order valence-corrected chi connectivity index (χ0v) is 11.2. The highest BCUT2D eigenvalue weighted by Crippen LogP contribution is 2.33. The van der Waals surface area contributed by atoms with Gasteiger partial charge in [-0.1, -0.05) is 30.8 Å². The van der Waals surface area contributed by atoms with Crippen molar-refractivity contribution in [3.8, 4) is 11.5 Å². The Labute approximate surface area is 116 Å². The molecule has 1 saturated carbocycles. The third-order valence-corrected chi connectivity index (χ3v) is 3.87. The highest BCUT2D eigenvalue weighted by atomic mass is 19.1. The lowest BCUT2D eigenvalue weighted by atomic mass is 9.91. The molecule has 0 saturated heterocycles. The maximum atomic E-state index is 13.7. The lowest BCUT2D eigenvalue weighted by Crippen LogP contribution is -2.37. The first-order chi connectivity index (χ1) is 9.69. The van der Waals surface area contributed by atoms with E-state index in [4.69, 9.17) is 10.3 Å². The second-order valence-corrected chi connectivity index (χ2v) is 5.35. The van der Waals surface area contributed by atoms with Gasteiger partial charge in [-0.3, -0.25) is 4.98 Å². The maximum absolute atomic E-state index is 13.7. The molecular formula is C14H17FN4O. The van der Waals surface area contributed by atoms with E-state index in [9.17, 15) is 4.39 Å². The van der Waals surface area contributed by atoms with Gasteiger partial charge < -0.3 is 10.3 Å². The van der Waals surface area contributed by atoms with Gasteiger partial charge in [-0.2, -0.15) is 4.98 Å². The highest BCUT2D eigenvalue weighted by molar-refractivity contribution is 5.52. The first-order valence-electron chi connectivity index (χ1n) is 6.92. The second kappa shape index (κ2) is 5.28. The summed E-state index contributed by atoms with van der Waals surface area (Å²) < 4.78 is 18.8. The Morgan fingerprint density at radius 2 is 1.95 bits per heavy atom. The number of halogens is 1. The molecule has 0 aliphatic heterocycles. The van der Waals surface area contributed by atoms with Gasteiger partial charge >= 0.3 is 0 Å². The largest absolute Gasteiger partial charge is 0.334 e. The Bertz CT molecular complexity index is 590. The summed E-state index contributed by atoms with van der Waals surface area (Å²) in [5.41, 5.74) is 6.13. The Morgan fingerprint density at radius 3 is 2.65 bits per heavy atom. The van der Waals surface area contributed by atoms with Crippen molar-refractivity contribution in [3.05, 3.63) is 30.1 Å². The zero-order chi connectivity index (χ0) is 14.0. The molecule has 5 nitrogen and oxygen atoms in total. The number of aromatic nitrogens is 3. The van der Waals surface area contributed by atoms with Gasteiger partial charge in [-0.25, -0.2) is 4.39 Å². The molecule has 2 N–H and O–H groups in total. The summed E-state index contributed by atoms with van der Waals surface area (Å²) in [7, 11) is 0. The summed E-state index contributed by atoms with van der Waals surface area (Å²) in [6, 6.07) is 1.52. The SMILES string of the molecule is NC1(c2noc(-c3ccncc3F)n2)CCCCCC1. The number of hydrogen-bond acceptors (Lipinski definition) is 5. The summed E-state index contributed by atoms with van der Waals surface area (Å²) in [5.74, 6) is 0.161. The van der Waals surface area contributed by atoms with E-state index >= 15 is 0 Å². The Morgan fingerprint density at radius 1 is 1.20 bits per heavy atom. The van der Waals surface area contributed by atoms with Gasteiger partial charge in [0.2, 0.25) is 0 Å². The van der Waals surface area contributed by atoms with Crippen LogP contribution in [0.25, 0.3) is 11.5 Å². The van der Waals surface area contributed by atoms with Gasteiger partial charge in [0.05, 0.1) is 17.3 Å². The van der Waals surface area contributed by atoms with Gasteiger partial charge in [-0.05, 0) is 18.9 Å². The predicted octanol–water partition coefficient (Wildman–Crippen LogP) is 2.78. The van der Waals surface area contributed by atoms with E-state index in [0.717, 1.165) is 31.9 Å². The average Bonchev–Trinajstić information content (AvgIpc) is 2.84. The Hall–Kier alpha value is -1.82. The fourth-order valence-corrected chi connectivity index (χ4v) is 2.67. The smallest absolute Gasteiger partial charge is 0.261 e. The highest BCUT2D eigenvalue weighted by Gasteiger charge is 2.33. The lowest BCUT2D eigenvalue weighted by Gasteiger charge is -2.23. The van der Waals surface area contributed by atoms with Crippen LogP contribution in [0.2, 0.25) is 0 Å². The zero-order valence-electron chi connectivity index (χ0n) is 11.2. The van der Waals surface area contributed by atoms with E-state index in [1.807, 2.05) is 0 Å². The van der Waals surface area contributed by atoms with Crippen LogP contribution in [0, 0.1) is 5.82 Å². The first-order valence-corrected chi connectivity index (χ1v) is 6.92. The van der Waals surface area contributed by atoms with Gasteiger partial charge in [0.1, 0.15) is 0 Å². The standard InChI is InChI=1S/C14H17FN4O/c15-11-9-17-8-5-10(11)12-18-13(19-20-12)14(16)6-3-1-2-4-7-14/h5,8-9H,1-4,6-7,16H2. The normalized spacial score (nSPS) is 18.7. The molecule has 3 rings (SSSR count). The summed E-state index contributed by atoms with van der Waals surface area (Å²) in [4.78, 5) is 8.01. The molecule has 2 aromatic heterocycles. The number of rotatable bonds is 2. The molecule has 106 valence electrons. The van der Waals surface area contributed by atoms with Crippen LogP contribution in [0.4, 0.5) is 4.39 Å². The minimum absolute atomic E-state index is 0.161. The molecular weight excluding hydrogens is 259 g/mol. The average molecular weight is 276 g/mol. The number of nitrogens with two attached hydrogens (primary N) is 1. The van der Waals surface area contributed by atoms with Crippen molar-refractivity contribution in [3.63, 3.8) is 0 Å².